The molecule has 2 heteroatoms. The normalized spacial score (nSPS) is 14.6. The summed E-state index contributed by atoms with van der Waals surface area (Å²) in [7, 11) is -0.929. The average Bonchev–Trinajstić information content (AvgIpc) is 1.88. The van der Waals surface area contributed by atoms with Crippen LogP contribution in [0.3, 0.4) is 0 Å². The minimum absolute atomic E-state index is 0.651. The third kappa shape index (κ3) is 4.27. The third-order valence-electron chi connectivity index (χ3n) is 0.955. The first kappa shape index (κ1) is 9.37. The van der Waals surface area contributed by atoms with Crippen molar-refractivity contribution < 1.29 is 4.21 Å². The topological polar surface area (TPSA) is 17.1 Å². The van der Waals surface area contributed by atoms with Gasteiger partial charge >= 0.3 is 0 Å². The molecule has 0 spiro atoms. The number of hydrogen-bond donors (Lipinski definition) is 0. The first-order valence-electron chi connectivity index (χ1n) is 3.00. The Kier molecular flexibility index (Phi) is 4.85. The molecule has 56 valence electrons. The quantitative estimate of drug-likeness (QED) is 0.571. The molecule has 0 aliphatic rings. The molecule has 0 aromatic heterocycles. The number of allylic oxidation sites excluding steroid dienone is 4. The summed E-state index contributed by atoms with van der Waals surface area (Å²) in [6, 6.07) is 0. The highest BCUT2D eigenvalue weighted by molar-refractivity contribution is 7.88. The van der Waals surface area contributed by atoms with Gasteiger partial charge < -0.3 is 0 Å². The summed E-state index contributed by atoms with van der Waals surface area (Å²) in [5.74, 6) is 0. The second kappa shape index (κ2) is 5.18. The van der Waals surface area contributed by atoms with Crippen LogP contribution in [0.1, 0.15) is 6.92 Å². The second-order valence-electron chi connectivity index (χ2n) is 1.81. The van der Waals surface area contributed by atoms with E-state index in [4.69, 9.17) is 0 Å². The van der Waals surface area contributed by atoms with E-state index in [-0.39, 0.29) is 0 Å². The van der Waals surface area contributed by atoms with E-state index in [9.17, 15) is 4.21 Å². The van der Waals surface area contributed by atoms with Gasteiger partial charge in [-0.1, -0.05) is 24.8 Å². The Balaban J connectivity index is 3.90. The van der Waals surface area contributed by atoms with E-state index in [1.165, 1.54) is 0 Å². The molecule has 0 heterocycles. The second-order valence-corrected chi connectivity index (χ2v) is 3.24. The Morgan fingerprint density at radius 2 is 2.10 bits per heavy atom. The first-order chi connectivity index (χ1) is 4.68. The molecule has 0 aliphatic carbocycles. The monoisotopic (exact) mass is 156 g/mol. The van der Waals surface area contributed by atoms with E-state index in [0.29, 0.717) is 4.91 Å². The fourth-order valence-corrected chi connectivity index (χ4v) is 0.640. The molecule has 0 aliphatic heterocycles. The molecule has 0 amide bonds. The highest BCUT2D eigenvalue weighted by Gasteiger charge is 1.88. The van der Waals surface area contributed by atoms with Crippen molar-refractivity contribution in [2.75, 3.05) is 6.26 Å². The number of rotatable bonds is 3. The van der Waals surface area contributed by atoms with E-state index >= 15 is 0 Å². The van der Waals surface area contributed by atoms with Crippen molar-refractivity contribution in [3.8, 4) is 0 Å². The van der Waals surface area contributed by atoms with Crippen molar-refractivity contribution in [1.82, 2.24) is 0 Å². The molecular formula is C8H12OS. The molecule has 0 saturated carbocycles. The van der Waals surface area contributed by atoms with Crippen molar-refractivity contribution in [1.29, 1.82) is 0 Å². The van der Waals surface area contributed by atoms with Crippen LogP contribution in [0.15, 0.2) is 35.8 Å². The van der Waals surface area contributed by atoms with Crippen LogP contribution in [-0.2, 0) is 10.8 Å². The summed E-state index contributed by atoms with van der Waals surface area (Å²) < 4.78 is 10.7. The van der Waals surface area contributed by atoms with E-state index in [0.717, 1.165) is 0 Å². The van der Waals surface area contributed by atoms with Gasteiger partial charge in [-0.15, -0.1) is 0 Å². The lowest BCUT2D eigenvalue weighted by atomic mass is 10.4. The first-order valence-corrected chi connectivity index (χ1v) is 4.56. The minimum atomic E-state index is -0.929. The predicted octanol–water partition coefficient (Wildman–Crippen LogP) is 2.01. The zero-order valence-electron chi connectivity index (χ0n) is 6.33. The van der Waals surface area contributed by atoms with Crippen LogP contribution >= 0.6 is 0 Å². The van der Waals surface area contributed by atoms with Crippen LogP contribution < -0.4 is 0 Å². The lowest BCUT2D eigenvalue weighted by molar-refractivity contribution is 0.691. The van der Waals surface area contributed by atoms with Crippen LogP contribution in [0.4, 0.5) is 0 Å². The Labute approximate surface area is 64.6 Å². The van der Waals surface area contributed by atoms with E-state index in [2.05, 4.69) is 6.58 Å². The van der Waals surface area contributed by atoms with Gasteiger partial charge in [-0.05, 0) is 13.0 Å². The van der Waals surface area contributed by atoms with Gasteiger partial charge in [-0.2, -0.15) is 0 Å². The molecule has 0 radical (unpaired) electrons. The molecule has 0 rings (SSSR count). The molecule has 1 atom stereocenters. The molecule has 10 heavy (non-hydrogen) atoms. The zero-order chi connectivity index (χ0) is 7.98. The molecule has 0 fully saturated rings. The zero-order valence-corrected chi connectivity index (χ0v) is 7.15. The molecule has 1 unspecified atom stereocenters. The van der Waals surface area contributed by atoms with Crippen LogP contribution in [0.25, 0.3) is 0 Å². The smallest absolute Gasteiger partial charge is 0.0492 e. The Hall–Kier alpha value is -0.630. The van der Waals surface area contributed by atoms with Crippen molar-refractivity contribution in [3.05, 3.63) is 35.8 Å². The Morgan fingerprint density at radius 1 is 1.50 bits per heavy atom. The van der Waals surface area contributed by atoms with Crippen molar-refractivity contribution in [2.45, 2.75) is 6.92 Å². The van der Waals surface area contributed by atoms with Gasteiger partial charge in [0.2, 0.25) is 0 Å². The van der Waals surface area contributed by atoms with Crippen LogP contribution in [0.5, 0.6) is 0 Å². The van der Waals surface area contributed by atoms with Crippen molar-refractivity contribution >= 4 is 10.8 Å². The van der Waals surface area contributed by atoms with Crippen LogP contribution in [-0.4, -0.2) is 10.5 Å². The molecular weight excluding hydrogens is 144 g/mol. The lowest BCUT2D eigenvalue weighted by Crippen LogP contribution is -1.83. The van der Waals surface area contributed by atoms with Crippen molar-refractivity contribution in [2.24, 2.45) is 0 Å². The van der Waals surface area contributed by atoms with Gasteiger partial charge in [0.1, 0.15) is 0 Å². The molecule has 0 aromatic carbocycles. The van der Waals surface area contributed by atoms with Crippen LogP contribution in [0, 0.1) is 0 Å². The summed E-state index contributed by atoms with van der Waals surface area (Å²) in [6.45, 7) is 5.53. The summed E-state index contributed by atoms with van der Waals surface area (Å²) in [4.78, 5) is 0.651. The van der Waals surface area contributed by atoms with E-state index in [1.54, 1.807) is 12.3 Å². The van der Waals surface area contributed by atoms with Crippen LogP contribution in [0.2, 0.25) is 0 Å². The van der Waals surface area contributed by atoms with Gasteiger partial charge in [-0.25, -0.2) is 0 Å². The fraction of sp³-hybridized carbons (Fsp3) is 0.250. The Morgan fingerprint density at radius 3 is 2.50 bits per heavy atom. The van der Waals surface area contributed by atoms with E-state index < -0.39 is 10.8 Å². The molecule has 0 saturated heterocycles. The number of hydrogen-bond acceptors (Lipinski definition) is 1. The largest absolute Gasteiger partial charge is 0.255 e. The third-order valence-corrected chi connectivity index (χ3v) is 1.83. The summed E-state index contributed by atoms with van der Waals surface area (Å²) in [5.41, 5.74) is 0. The highest BCUT2D eigenvalue weighted by atomic mass is 32.2. The molecule has 0 N–H and O–H groups in total. The fourth-order valence-electron chi connectivity index (χ4n) is 0.370. The molecule has 1 nitrogen and oxygen atoms in total. The molecule has 0 aromatic rings. The van der Waals surface area contributed by atoms with Gasteiger partial charge in [-0.3, -0.25) is 4.21 Å². The van der Waals surface area contributed by atoms with Crippen molar-refractivity contribution in [3.63, 3.8) is 0 Å². The summed E-state index contributed by atoms with van der Waals surface area (Å²) in [6.07, 6.45) is 8.96. The predicted molar refractivity (Wildman–Crippen MR) is 47.2 cm³/mol. The van der Waals surface area contributed by atoms with E-state index in [1.807, 2.05) is 25.2 Å². The van der Waals surface area contributed by atoms with Gasteiger partial charge in [0, 0.05) is 22.0 Å². The minimum Gasteiger partial charge on any atom is -0.255 e. The van der Waals surface area contributed by atoms with Gasteiger partial charge in [0.05, 0.1) is 0 Å². The van der Waals surface area contributed by atoms with Gasteiger partial charge in [0.15, 0.2) is 0 Å². The Bertz CT molecular complexity index is 189. The van der Waals surface area contributed by atoms with Gasteiger partial charge in [0.25, 0.3) is 0 Å². The lowest BCUT2D eigenvalue weighted by Gasteiger charge is -1.88. The maximum Gasteiger partial charge on any atom is 0.0492 e. The maximum atomic E-state index is 10.7. The average molecular weight is 156 g/mol. The maximum absolute atomic E-state index is 10.7. The summed E-state index contributed by atoms with van der Waals surface area (Å²) >= 11 is 0. The SMILES string of the molecule is C=C(/C=C\C=C/C)S(C)=O. The summed E-state index contributed by atoms with van der Waals surface area (Å²) in [5, 5.41) is 0. The standard InChI is InChI=1S/C8H12OS/c1-4-5-6-7-8(2)10(3)9/h4-7H,2H2,1,3H3/b5-4-,7-6-. The molecule has 0 bridgehead atoms. The highest BCUT2D eigenvalue weighted by Crippen LogP contribution is 1.96.